The summed E-state index contributed by atoms with van der Waals surface area (Å²) in [7, 11) is 0. The van der Waals surface area contributed by atoms with Gasteiger partial charge >= 0.3 is 0 Å². The molecular formula is C12H20N2O. The monoisotopic (exact) mass is 208 g/mol. The van der Waals surface area contributed by atoms with E-state index in [0.717, 1.165) is 18.9 Å². The minimum atomic E-state index is 0.267. The molecule has 0 aromatic rings. The van der Waals surface area contributed by atoms with Gasteiger partial charge in [-0.15, -0.1) is 0 Å². The van der Waals surface area contributed by atoms with E-state index in [-0.39, 0.29) is 5.92 Å². The molecule has 3 atom stereocenters. The fraction of sp³-hybridized carbons (Fsp3) is 0.917. The van der Waals surface area contributed by atoms with Crippen LogP contribution in [0.3, 0.4) is 0 Å². The van der Waals surface area contributed by atoms with Crippen LogP contribution >= 0.6 is 0 Å². The molecule has 3 fully saturated rings. The van der Waals surface area contributed by atoms with Crippen molar-refractivity contribution in [2.75, 3.05) is 6.54 Å². The van der Waals surface area contributed by atoms with Crippen LogP contribution in [0.5, 0.6) is 0 Å². The van der Waals surface area contributed by atoms with Crippen LogP contribution in [0, 0.1) is 11.8 Å². The maximum absolute atomic E-state index is 11.9. The molecule has 2 saturated heterocycles. The van der Waals surface area contributed by atoms with Crippen molar-refractivity contribution in [3.8, 4) is 0 Å². The molecule has 3 nitrogen and oxygen atoms in total. The topological polar surface area (TPSA) is 41.1 Å². The largest absolute Gasteiger partial charge is 0.356 e. The van der Waals surface area contributed by atoms with E-state index in [1.807, 2.05) is 0 Å². The lowest BCUT2D eigenvalue weighted by molar-refractivity contribution is -0.125. The molecule has 3 unspecified atom stereocenters. The van der Waals surface area contributed by atoms with E-state index in [0.29, 0.717) is 18.0 Å². The molecule has 0 radical (unpaired) electrons. The lowest BCUT2D eigenvalue weighted by Gasteiger charge is -2.27. The zero-order valence-electron chi connectivity index (χ0n) is 9.17. The number of nitrogens with one attached hydrogen (secondary N) is 2. The van der Waals surface area contributed by atoms with Crippen LogP contribution in [-0.2, 0) is 4.79 Å². The van der Waals surface area contributed by atoms with Crippen LogP contribution in [-0.4, -0.2) is 24.5 Å². The SMILES string of the molecule is O=C(NCC1CCC1)C1CC2CCC1N2. The standard InChI is InChI=1S/C12H20N2O/c15-12(13-7-8-2-1-3-8)10-6-9-4-5-11(10)14-9/h8-11,14H,1-7H2,(H,13,15). The van der Waals surface area contributed by atoms with Gasteiger partial charge in [-0.25, -0.2) is 0 Å². The van der Waals surface area contributed by atoms with Crippen molar-refractivity contribution >= 4 is 5.91 Å². The number of carbonyl (C=O) groups excluding carboxylic acids is 1. The predicted octanol–water partition coefficient (Wildman–Crippen LogP) is 1.04. The van der Waals surface area contributed by atoms with Crippen molar-refractivity contribution in [3.63, 3.8) is 0 Å². The second-order valence-corrected chi connectivity index (χ2v) is 5.43. The highest BCUT2D eigenvalue weighted by atomic mass is 16.1. The second kappa shape index (κ2) is 3.78. The highest BCUT2D eigenvalue weighted by Gasteiger charge is 2.42. The third-order valence-corrected chi connectivity index (χ3v) is 4.43. The number of carbonyl (C=O) groups is 1. The molecule has 1 saturated carbocycles. The van der Waals surface area contributed by atoms with Gasteiger partial charge in [0.05, 0.1) is 5.92 Å². The molecular weight excluding hydrogens is 188 g/mol. The van der Waals surface area contributed by atoms with E-state index >= 15 is 0 Å². The lowest BCUT2D eigenvalue weighted by Crippen LogP contribution is -2.40. The van der Waals surface area contributed by atoms with E-state index in [2.05, 4.69) is 10.6 Å². The van der Waals surface area contributed by atoms with E-state index in [9.17, 15) is 4.79 Å². The van der Waals surface area contributed by atoms with E-state index in [1.54, 1.807) is 0 Å². The van der Waals surface area contributed by atoms with Crippen molar-refractivity contribution in [2.45, 2.75) is 50.6 Å². The molecule has 3 heteroatoms. The fourth-order valence-electron chi connectivity index (χ4n) is 3.19. The number of hydrogen-bond donors (Lipinski definition) is 2. The van der Waals surface area contributed by atoms with Gasteiger partial charge in [0.15, 0.2) is 0 Å². The van der Waals surface area contributed by atoms with Gasteiger partial charge in [0.1, 0.15) is 0 Å². The third-order valence-electron chi connectivity index (χ3n) is 4.43. The van der Waals surface area contributed by atoms with Gasteiger partial charge < -0.3 is 10.6 Å². The fourth-order valence-corrected chi connectivity index (χ4v) is 3.19. The Morgan fingerprint density at radius 1 is 1.27 bits per heavy atom. The molecule has 2 heterocycles. The van der Waals surface area contributed by atoms with Crippen molar-refractivity contribution in [1.82, 2.24) is 10.6 Å². The molecule has 3 rings (SSSR count). The summed E-state index contributed by atoms with van der Waals surface area (Å²) in [6.45, 7) is 0.923. The maximum atomic E-state index is 11.9. The van der Waals surface area contributed by atoms with Crippen LogP contribution in [0.2, 0.25) is 0 Å². The summed E-state index contributed by atoms with van der Waals surface area (Å²) in [6, 6.07) is 1.12. The molecule has 15 heavy (non-hydrogen) atoms. The van der Waals surface area contributed by atoms with E-state index in [4.69, 9.17) is 0 Å². The Bertz CT molecular complexity index is 262. The summed E-state index contributed by atoms with van der Waals surface area (Å²) in [5, 5.41) is 6.65. The Balaban J connectivity index is 1.47. The molecule has 2 aliphatic heterocycles. The van der Waals surface area contributed by atoms with Crippen molar-refractivity contribution in [1.29, 1.82) is 0 Å². The highest BCUT2D eigenvalue weighted by Crippen LogP contribution is 2.33. The Kier molecular flexibility index (Phi) is 2.43. The molecule has 2 bridgehead atoms. The predicted molar refractivity (Wildman–Crippen MR) is 58.4 cm³/mol. The molecule has 0 aromatic carbocycles. The number of amides is 1. The Hall–Kier alpha value is -0.570. The number of rotatable bonds is 3. The number of hydrogen-bond acceptors (Lipinski definition) is 2. The zero-order chi connectivity index (χ0) is 10.3. The van der Waals surface area contributed by atoms with E-state index in [1.165, 1.54) is 32.1 Å². The van der Waals surface area contributed by atoms with Crippen LogP contribution in [0.1, 0.15) is 38.5 Å². The molecule has 1 amide bonds. The lowest BCUT2D eigenvalue weighted by atomic mass is 9.84. The Labute approximate surface area is 91.0 Å². The van der Waals surface area contributed by atoms with E-state index < -0.39 is 0 Å². The first-order chi connectivity index (χ1) is 7.33. The third kappa shape index (κ3) is 1.78. The van der Waals surface area contributed by atoms with Crippen molar-refractivity contribution in [3.05, 3.63) is 0 Å². The summed E-state index contributed by atoms with van der Waals surface area (Å²) in [5.74, 6) is 1.35. The molecule has 1 aliphatic carbocycles. The smallest absolute Gasteiger partial charge is 0.224 e. The first-order valence-corrected chi connectivity index (χ1v) is 6.36. The Morgan fingerprint density at radius 3 is 2.67 bits per heavy atom. The van der Waals surface area contributed by atoms with Gasteiger partial charge in [0.25, 0.3) is 0 Å². The summed E-state index contributed by atoms with van der Waals surface area (Å²) in [4.78, 5) is 11.9. The minimum Gasteiger partial charge on any atom is -0.356 e. The average molecular weight is 208 g/mol. The molecule has 0 aromatic heterocycles. The van der Waals surface area contributed by atoms with Crippen molar-refractivity contribution < 1.29 is 4.79 Å². The van der Waals surface area contributed by atoms with Gasteiger partial charge in [-0.2, -0.15) is 0 Å². The van der Waals surface area contributed by atoms with Crippen LogP contribution < -0.4 is 10.6 Å². The van der Waals surface area contributed by atoms with Gasteiger partial charge in [-0.3, -0.25) is 4.79 Å². The first kappa shape index (κ1) is 9.64. The quantitative estimate of drug-likeness (QED) is 0.727. The average Bonchev–Trinajstić information content (AvgIpc) is 2.75. The number of fused-ring (bicyclic) bond motifs is 2. The zero-order valence-corrected chi connectivity index (χ0v) is 9.17. The van der Waals surface area contributed by atoms with Crippen LogP contribution in [0.15, 0.2) is 0 Å². The minimum absolute atomic E-state index is 0.267. The molecule has 0 spiro atoms. The van der Waals surface area contributed by atoms with Crippen LogP contribution in [0.4, 0.5) is 0 Å². The summed E-state index contributed by atoms with van der Waals surface area (Å²) in [6.07, 6.45) is 7.53. The summed E-state index contributed by atoms with van der Waals surface area (Å²) in [5.41, 5.74) is 0. The second-order valence-electron chi connectivity index (χ2n) is 5.43. The summed E-state index contributed by atoms with van der Waals surface area (Å²) >= 11 is 0. The molecule has 84 valence electrons. The normalized spacial score (nSPS) is 39.1. The van der Waals surface area contributed by atoms with Gasteiger partial charge in [0.2, 0.25) is 5.91 Å². The van der Waals surface area contributed by atoms with Gasteiger partial charge in [-0.1, -0.05) is 6.42 Å². The van der Waals surface area contributed by atoms with Crippen molar-refractivity contribution in [2.24, 2.45) is 11.8 Å². The molecule has 3 aliphatic rings. The first-order valence-electron chi connectivity index (χ1n) is 6.36. The molecule has 2 N–H and O–H groups in total. The van der Waals surface area contributed by atoms with Gasteiger partial charge in [0, 0.05) is 18.6 Å². The van der Waals surface area contributed by atoms with Gasteiger partial charge in [-0.05, 0) is 38.0 Å². The Morgan fingerprint density at radius 2 is 2.13 bits per heavy atom. The summed E-state index contributed by atoms with van der Waals surface area (Å²) < 4.78 is 0. The maximum Gasteiger partial charge on any atom is 0.224 e. The highest BCUT2D eigenvalue weighted by molar-refractivity contribution is 5.80. The van der Waals surface area contributed by atoms with Crippen LogP contribution in [0.25, 0.3) is 0 Å².